The van der Waals surface area contributed by atoms with E-state index in [2.05, 4.69) is 26.1 Å². The van der Waals surface area contributed by atoms with Crippen LogP contribution in [-0.2, 0) is 20.2 Å². The second kappa shape index (κ2) is 11.4. The van der Waals surface area contributed by atoms with Gasteiger partial charge in [0.2, 0.25) is 5.91 Å². The highest BCUT2D eigenvalue weighted by molar-refractivity contribution is 7.92. The normalized spacial score (nSPS) is 11.7. The second-order valence-corrected chi connectivity index (χ2v) is 12.0. The van der Waals surface area contributed by atoms with Gasteiger partial charge in [-0.05, 0) is 72.9 Å². The molecule has 0 spiro atoms. The number of ether oxygens (including phenoxy) is 1. The van der Waals surface area contributed by atoms with Crippen molar-refractivity contribution in [3.63, 3.8) is 0 Å². The fourth-order valence-corrected chi connectivity index (χ4v) is 5.34. The van der Waals surface area contributed by atoms with Crippen molar-refractivity contribution in [3.05, 3.63) is 88.4 Å². The zero-order chi connectivity index (χ0) is 26.5. The van der Waals surface area contributed by atoms with Crippen LogP contribution in [0.25, 0.3) is 0 Å². The molecule has 3 aromatic rings. The summed E-state index contributed by atoms with van der Waals surface area (Å²) < 4.78 is 33.9. The van der Waals surface area contributed by atoms with Gasteiger partial charge in [0.05, 0.1) is 17.1 Å². The van der Waals surface area contributed by atoms with Crippen molar-refractivity contribution in [2.75, 3.05) is 24.0 Å². The number of hydrogen-bond acceptors (Lipinski definition) is 4. The summed E-state index contributed by atoms with van der Waals surface area (Å²) in [6.07, 6.45) is 0. The molecular formula is C28H33ClN2O4S. The van der Waals surface area contributed by atoms with Crippen LogP contribution < -0.4 is 14.4 Å². The fraction of sp³-hybridized carbons (Fsp3) is 0.321. The van der Waals surface area contributed by atoms with Gasteiger partial charge in [-0.1, -0.05) is 62.2 Å². The lowest BCUT2D eigenvalue weighted by molar-refractivity contribution is -0.119. The molecule has 0 heterocycles. The number of aryl methyl sites for hydroxylation is 2. The van der Waals surface area contributed by atoms with E-state index in [-0.39, 0.29) is 30.0 Å². The van der Waals surface area contributed by atoms with E-state index in [1.54, 1.807) is 49.4 Å². The van der Waals surface area contributed by atoms with Crippen molar-refractivity contribution >= 4 is 33.2 Å². The van der Waals surface area contributed by atoms with E-state index in [0.29, 0.717) is 22.0 Å². The van der Waals surface area contributed by atoms with E-state index < -0.39 is 15.9 Å². The lowest BCUT2D eigenvalue weighted by atomic mass is 9.87. The van der Waals surface area contributed by atoms with Gasteiger partial charge in [-0.25, -0.2) is 8.42 Å². The van der Waals surface area contributed by atoms with Gasteiger partial charge >= 0.3 is 0 Å². The van der Waals surface area contributed by atoms with E-state index in [0.717, 1.165) is 9.87 Å². The quantitative estimate of drug-likeness (QED) is 0.364. The maximum absolute atomic E-state index is 13.5. The van der Waals surface area contributed by atoms with Crippen LogP contribution >= 0.6 is 11.6 Å². The van der Waals surface area contributed by atoms with Crippen LogP contribution in [-0.4, -0.2) is 34.0 Å². The third kappa shape index (κ3) is 7.02. The summed E-state index contributed by atoms with van der Waals surface area (Å²) in [6, 6.07) is 19.3. The van der Waals surface area contributed by atoms with Crippen LogP contribution in [0.4, 0.5) is 5.69 Å². The van der Waals surface area contributed by atoms with Crippen molar-refractivity contribution in [3.8, 4) is 5.75 Å². The summed E-state index contributed by atoms with van der Waals surface area (Å²) >= 11 is 6.08. The molecule has 192 valence electrons. The van der Waals surface area contributed by atoms with Crippen molar-refractivity contribution < 1.29 is 17.9 Å². The van der Waals surface area contributed by atoms with E-state index in [9.17, 15) is 13.2 Å². The Hall–Kier alpha value is -3.03. The van der Waals surface area contributed by atoms with Crippen LogP contribution in [0.5, 0.6) is 5.75 Å². The van der Waals surface area contributed by atoms with Gasteiger partial charge < -0.3 is 10.1 Å². The lowest BCUT2D eigenvalue weighted by Gasteiger charge is -2.26. The molecule has 0 unspecified atom stereocenters. The molecule has 0 radical (unpaired) electrons. The predicted molar refractivity (Wildman–Crippen MR) is 146 cm³/mol. The lowest BCUT2D eigenvalue weighted by Crippen LogP contribution is -2.42. The Labute approximate surface area is 219 Å². The molecular weight excluding hydrogens is 496 g/mol. The summed E-state index contributed by atoms with van der Waals surface area (Å²) in [5.41, 5.74) is 3.24. The average molecular weight is 529 g/mol. The van der Waals surface area contributed by atoms with Crippen LogP contribution in [0.2, 0.25) is 5.02 Å². The summed E-state index contributed by atoms with van der Waals surface area (Å²) in [6.45, 7) is 10.2. The molecule has 36 heavy (non-hydrogen) atoms. The van der Waals surface area contributed by atoms with Gasteiger partial charge in [0.1, 0.15) is 18.9 Å². The topological polar surface area (TPSA) is 75.7 Å². The van der Waals surface area contributed by atoms with Gasteiger partial charge in [0, 0.05) is 5.02 Å². The smallest absolute Gasteiger partial charge is 0.264 e. The van der Waals surface area contributed by atoms with Crippen molar-refractivity contribution in [2.24, 2.45) is 0 Å². The largest absolute Gasteiger partial charge is 0.492 e. The Morgan fingerprint density at radius 2 is 1.61 bits per heavy atom. The maximum atomic E-state index is 13.5. The Balaban J connectivity index is 1.69. The Morgan fingerprint density at radius 1 is 0.972 bits per heavy atom. The number of halogens is 1. The maximum Gasteiger partial charge on any atom is 0.264 e. The molecule has 0 aliphatic rings. The average Bonchev–Trinajstić information content (AvgIpc) is 2.81. The van der Waals surface area contributed by atoms with Gasteiger partial charge in [0.15, 0.2) is 0 Å². The number of hydrogen-bond donors (Lipinski definition) is 1. The molecule has 0 aliphatic heterocycles. The first-order chi connectivity index (χ1) is 16.9. The SMILES string of the molecule is Cc1ccc(S(=O)(=O)N(CC(=O)NCCOc2ccc(C(C)(C)C)cc2)c2ccc(Cl)cc2C)cc1. The first kappa shape index (κ1) is 27.6. The van der Waals surface area contributed by atoms with Gasteiger partial charge in [-0.2, -0.15) is 0 Å². The molecule has 6 nitrogen and oxygen atoms in total. The highest BCUT2D eigenvalue weighted by Gasteiger charge is 2.28. The Kier molecular flexibility index (Phi) is 8.69. The molecule has 3 rings (SSSR count). The second-order valence-electron chi connectivity index (χ2n) is 9.73. The van der Waals surface area contributed by atoms with E-state index in [1.807, 2.05) is 31.2 Å². The fourth-order valence-electron chi connectivity index (χ4n) is 3.63. The van der Waals surface area contributed by atoms with Gasteiger partial charge in [-0.3, -0.25) is 9.10 Å². The minimum atomic E-state index is -3.99. The molecule has 0 atom stereocenters. The Morgan fingerprint density at radius 3 is 2.19 bits per heavy atom. The first-order valence-corrected chi connectivity index (χ1v) is 13.6. The summed E-state index contributed by atoms with van der Waals surface area (Å²) in [4.78, 5) is 12.9. The molecule has 1 amide bonds. The molecule has 0 saturated carbocycles. The van der Waals surface area contributed by atoms with Crippen LogP contribution in [0.15, 0.2) is 71.6 Å². The van der Waals surface area contributed by atoms with E-state index in [4.69, 9.17) is 16.3 Å². The number of carbonyl (C=O) groups excluding carboxylic acids is 1. The number of carbonyl (C=O) groups is 1. The van der Waals surface area contributed by atoms with Crippen LogP contribution in [0.3, 0.4) is 0 Å². The zero-order valence-electron chi connectivity index (χ0n) is 21.3. The van der Waals surface area contributed by atoms with Crippen LogP contribution in [0.1, 0.15) is 37.5 Å². The van der Waals surface area contributed by atoms with Crippen molar-refractivity contribution in [2.45, 2.75) is 44.9 Å². The minimum Gasteiger partial charge on any atom is -0.492 e. The number of anilines is 1. The third-order valence-corrected chi connectivity index (χ3v) is 7.75. The summed E-state index contributed by atoms with van der Waals surface area (Å²) in [5.74, 6) is 0.268. The molecule has 3 aromatic carbocycles. The highest BCUT2D eigenvalue weighted by atomic mass is 35.5. The third-order valence-electron chi connectivity index (χ3n) is 5.74. The number of benzene rings is 3. The highest BCUT2D eigenvalue weighted by Crippen LogP contribution is 2.29. The molecule has 0 fully saturated rings. The molecule has 8 heteroatoms. The standard InChI is InChI=1S/C28H33ClN2O4S/c1-20-6-13-25(14-7-20)36(33,34)31(26-15-10-23(29)18-21(26)2)19-27(32)30-16-17-35-24-11-8-22(9-12-24)28(3,4)5/h6-15,18H,16-17,19H2,1-5H3,(H,30,32). The van der Waals surface area contributed by atoms with E-state index in [1.165, 1.54) is 5.56 Å². The molecule has 1 N–H and O–H groups in total. The first-order valence-electron chi connectivity index (χ1n) is 11.7. The molecule has 0 aromatic heterocycles. The minimum absolute atomic E-state index is 0.0553. The molecule has 0 bridgehead atoms. The number of nitrogens with zero attached hydrogens (tertiary/aromatic N) is 1. The van der Waals surface area contributed by atoms with Crippen LogP contribution in [0, 0.1) is 13.8 Å². The van der Waals surface area contributed by atoms with Crippen molar-refractivity contribution in [1.82, 2.24) is 5.32 Å². The van der Waals surface area contributed by atoms with Gasteiger partial charge in [-0.15, -0.1) is 0 Å². The summed E-state index contributed by atoms with van der Waals surface area (Å²) in [7, 11) is -3.99. The number of amides is 1. The molecule has 0 saturated heterocycles. The number of rotatable bonds is 9. The number of nitrogens with one attached hydrogen (secondary N) is 1. The predicted octanol–water partition coefficient (Wildman–Crippen LogP) is 5.64. The Bertz CT molecular complexity index is 1300. The summed E-state index contributed by atoms with van der Waals surface area (Å²) in [5, 5.41) is 3.24. The van der Waals surface area contributed by atoms with Gasteiger partial charge in [0.25, 0.3) is 10.0 Å². The molecule has 0 aliphatic carbocycles. The van der Waals surface area contributed by atoms with Crippen molar-refractivity contribution in [1.29, 1.82) is 0 Å². The van der Waals surface area contributed by atoms with E-state index >= 15 is 0 Å². The monoisotopic (exact) mass is 528 g/mol. The zero-order valence-corrected chi connectivity index (χ0v) is 22.9. The number of sulfonamides is 1.